The Balaban J connectivity index is 1.72. The standard InChI is InChI=1S/C17H16O6/c1-21-17(20)14-9-23-16-7-12(4-5-13(14)16)22-8-10-2-3-11(18)6-15(10)19/h2-7,14,18-19H,8-9H2,1H3. The Labute approximate surface area is 132 Å². The maximum absolute atomic E-state index is 11.7. The summed E-state index contributed by atoms with van der Waals surface area (Å²) in [5, 5.41) is 19.0. The van der Waals surface area contributed by atoms with Crippen LogP contribution < -0.4 is 9.47 Å². The van der Waals surface area contributed by atoms with Gasteiger partial charge < -0.3 is 24.4 Å². The van der Waals surface area contributed by atoms with Crippen molar-refractivity contribution in [2.75, 3.05) is 13.7 Å². The molecule has 1 unspecified atom stereocenters. The van der Waals surface area contributed by atoms with Crippen molar-refractivity contribution < 1.29 is 29.2 Å². The molecule has 0 fully saturated rings. The quantitative estimate of drug-likeness (QED) is 0.842. The Kier molecular flexibility index (Phi) is 3.97. The number of carbonyl (C=O) groups is 1. The van der Waals surface area contributed by atoms with Crippen molar-refractivity contribution in [1.29, 1.82) is 0 Å². The molecule has 3 rings (SSSR count). The molecule has 0 bridgehead atoms. The number of hydrogen-bond acceptors (Lipinski definition) is 6. The Bertz CT molecular complexity index is 740. The van der Waals surface area contributed by atoms with Gasteiger partial charge in [-0.15, -0.1) is 0 Å². The van der Waals surface area contributed by atoms with Crippen LogP contribution in [0.15, 0.2) is 36.4 Å². The van der Waals surface area contributed by atoms with Gasteiger partial charge in [0.15, 0.2) is 0 Å². The van der Waals surface area contributed by atoms with Gasteiger partial charge in [-0.2, -0.15) is 0 Å². The fraction of sp³-hybridized carbons (Fsp3) is 0.235. The third kappa shape index (κ3) is 3.01. The number of methoxy groups -OCH3 is 1. The van der Waals surface area contributed by atoms with Crippen LogP contribution >= 0.6 is 0 Å². The van der Waals surface area contributed by atoms with Gasteiger partial charge in [-0.3, -0.25) is 4.79 Å². The zero-order valence-electron chi connectivity index (χ0n) is 12.5. The average molecular weight is 316 g/mol. The number of aromatic hydroxyl groups is 2. The highest BCUT2D eigenvalue weighted by Crippen LogP contribution is 2.37. The largest absolute Gasteiger partial charge is 0.508 e. The van der Waals surface area contributed by atoms with E-state index in [9.17, 15) is 15.0 Å². The molecule has 120 valence electrons. The predicted molar refractivity (Wildman–Crippen MR) is 80.8 cm³/mol. The van der Waals surface area contributed by atoms with Crippen LogP contribution in [0.2, 0.25) is 0 Å². The van der Waals surface area contributed by atoms with E-state index in [2.05, 4.69) is 0 Å². The number of fused-ring (bicyclic) bond motifs is 1. The van der Waals surface area contributed by atoms with Gasteiger partial charge in [0, 0.05) is 23.3 Å². The first kappa shape index (κ1) is 15.0. The number of esters is 1. The molecule has 0 radical (unpaired) electrons. The van der Waals surface area contributed by atoms with Crippen molar-refractivity contribution in [3.8, 4) is 23.0 Å². The molecule has 0 amide bonds. The first-order valence-corrected chi connectivity index (χ1v) is 7.06. The van der Waals surface area contributed by atoms with E-state index in [1.807, 2.05) is 0 Å². The van der Waals surface area contributed by atoms with Crippen LogP contribution in [-0.2, 0) is 16.1 Å². The van der Waals surface area contributed by atoms with Gasteiger partial charge in [0.25, 0.3) is 0 Å². The van der Waals surface area contributed by atoms with E-state index in [1.165, 1.54) is 19.2 Å². The number of ether oxygens (including phenoxy) is 3. The number of phenols is 2. The lowest BCUT2D eigenvalue weighted by Crippen LogP contribution is -2.15. The maximum Gasteiger partial charge on any atom is 0.316 e. The van der Waals surface area contributed by atoms with E-state index in [1.54, 1.807) is 24.3 Å². The first-order valence-electron chi connectivity index (χ1n) is 7.06. The molecule has 1 aliphatic heterocycles. The molecular weight excluding hydrogens is 300 g/mol. The predicted octanol–water partition coefficient (Wildman–Crippen LogP) is 2.33. The third-order valence-corrected chi connectivity index (χ3v) is 3.71. The average Bonchev–Trinajstić information content (AvgIpc) is 2.96. The van der Waals surface area contributed by atoms with E-state index in [-0.39, 0.29) is 30.7 Å². The fourth-order valence-corrected chi connectivity index (χ4v) is 2.45. The number of rotatable bonds is 4. The summed E-state index contributed by atoms with van der Waals surface area (Å²) < 4.78 is 15.9. The highest BCUT2D eigenvalue weighted by molar-refractivity contribution is 5.80. The van der Waals surface area contributed by atoms with Crippen molar-refractivity contribution in [2.45, 2.75) is 12.5 Å². The maximum atomic E-state index is 11.7. The first-order chi connectivity index (χ1) is 11.1. The van der Waals surface area contributed by atoms with Crippen molar-refractivity contribution in [3.05, 3.63) is 47.5 Å². The monoisotopic (exact) mass is 316 g/mol. The molecule has 2 aromatic rings. The van der Waals surface area contributed by atoms with Gasteiger partial charge in [-0.1, -0.05) is 6.07 Å². The van der Waals surface area contributed by atoms with E-state index >= 15 is 0 Å². The summed E-state index contributed by atoms with van der Waals surface area (Å²) in [5.74, 6) is 0.366. The van der Waals surface area contributed by atoms with E-state index < -0.39 is 5.92 Å². The lowest BCUT2D eigenvalue weighted by atomic mass is 10.0. The molecule has 2 aromatic carbocycles. The molecule has 1 atom stereocenters. The van der Waals surface area contributed by atoms with Gasteiger partial charge in [0.05, 0.1) is 7.11 Å². The van der Waals surface area contributed by atoms with Crippen LogP contribution in [0.3, 0.4) is 0 Å². The summed E-state index contributed by atoms with van der Waals surface area (Å²) in [7, 11) is 1.35. The zero-order chi connectivity index (χ0) is 16.4. The molecule has 6 heteroatoms. The second-order valence-electron chi connectivity index (χ2n) is 5.19. The lowest BCUT2D eigenvalue weighted by Gasteiger charge is -2.10. The Morgan fingerprint density at radius 2 is 2.09 bits per heavy atom. The second kappa shape index (κ2) is 6.08. The minimum atomic E-state index is -0.412. The van der Waals surface area contributed by atoms with Crippen LogP contribution in [-0.4, -0.2) is 29.9 Å². The fourth-order valence-electron chi connectivity index (χ4n) is 2.45. The molecule has 23 heavy (non-hydrogen) atoms. The van der Waals surface area contributed by atoms with E-state index in [0.717, 1.165) is 5.56 Å². The highest BCUT2D eigenvalue weighted by atomic mass is 16.5. The van der Waals surface area contributed by atoms with Gasteiger partial charge in [-0.05, 0) is 18.2 Å². The molecular formula is C17H16O6. The van der Waals surface area contributed by atoms with Gasteiger partial charge in [0.2, 0.25) is 0 Å². The summed E-state index contributed by atoms with van der Waals surface area (Å²) >= 11 is 0. The topological polar surface area (TPSA) is 85.2 Å². The molecule has 1 heterocycles. The molecule has 0 aromatic heterocycles. The Morgan fingerprint density at radius 1 is 1.26 bits per heavy atom. The summed E-state index contributed by atoms with van der Waals surface area (Å²) in [6.07, 6.45) is 0. The zero-order valence-corrected chi connectivity index (χ0v) is 12.5. The van der Waals surface area contributed by atoms with Gasteiger partial charge >= 0.3 is 5.97 Å². The number of carbonyl (C=O) groups excluding carboxylic acids is 1. The molecule has 0 spiro atoms. The molecule has 0 saturated carbocycles. The van der Waals surface area contributed by atoms with E-state index in [4.69, 9.17) is 14.2 Å². The smallest absolute Gasteiger partial charge is 0.316 e. The SMILES string of the molecule is COC(=O)C1COc2cc(OCc3ccc(O)cc3O)ccc21. The highest BCUT2D eigenvalue weighted by Gasteiger charge is 2.31. The summed E-state index contributed by atoms with van der Waals surface area (Å²) in [5.41, 5.74) is 1.33. The van der Waals surface area contributed by atoms with Crippen molar-refractivity contribution >= 4 is 5.97 Å². The molecule has 1 aliphatic rings. The number of phenolic OH excluding ortho intramolecular Hbond substituents is 2. The molecule has 0 saturated heterocycles. The van der Waals surface area contributed by atoms with Crippen LogP contribution in [0.5, 0.6) is 23.0 Å². The third-order valence-electron chi connectivity index (χ3n) is 3.71. The van der Waals surface area contributed by atoms with Crippen LogP contribution in [0.4, 0.5) is 0 Å². The minimum Gasteiger partial charge on any atom is -0.508 e. The van der Waals surface area contributed by atoms with Crippen LogP contribution in [0.25, 0.3) is 0 Å². The van der Waals surface area contributed by atoms with E-state index in [0.29, 0.717) is 17.1 Å². The summed E-state index contributed by atoms with van der Waals surface area (Å²) in [6.45, 7) is 0.398. The normalized spacial score (nSPS) is 15.6. The van der Waals surface area contributed by atoms with Crippen molar-refractivity contribution in [2.24, 2.45) is 0 Å². The second-order valence-corrected chi connectivity index (χ2v) is 5.19. The number of hydrogen-bond donors (Lipinski definition) is 2. The molecule has 0 aliphatic carbocycles. The summed E-state index contributed by atoms with van der Waals surface area (Å²) in [6, 6.07) is 9.53. The van der Waals surface area contributed by atoms with Crippen LogP contribution in [0.1, 0.15) is 17.0 Å². The minimum absolute atomic E-state index is 0.00830. The van der Waals surface area contributed by atoms with Crippen LogP contribution in [0, 0.1) is 0 Å². The van der Waals surface area contributed by atoms with Gasteiger partial charge in [-0.25, -0.2) is 0 Å². The van der Waals surface area contributed by atoms with Crippen molar-refractivity contribution in [1.82, 2.24) is 0 Å². The van der Waals surface area contributed by atoms with Gasteiger partial charge in [0.1, 0.15) is 42.1 Å². The van der Waals surface area contributed by atoms with Crippen molar-refractivity contribution in [3.63, 3.8) is 0 Å². The Hall–Kier alpha value is -2.89. The molecule has 6 nitrogen and oxygen atoms in total. The molecule has 2 N–H and O–H groups in total. The summed E-state index contributed by atoms with van der Waals surface area (Å²) in [4.78, 5) is 11.7. The Morgan fingerprint density at radius 3 is 2.83 bits per heavy atom. The lowest BCUT2D eigenvalue weighted by molar-refractivity contribution is -0.142. The number of benzene rings is 2.